The smallest absolute Gasteiger partial charge is 0.462 e. The van der Waals surface area contributed by atoms with E-state index in [0.29, 0.717) is 25.7 Å². The number of hydrogen-bond acceptors (Lipinski definition) is 15. The third kappa shape index (κ3) is 69.2. The van der Waals surface area contributed by atoms with Crippen LogP contribution in [-0.2, 0) is 65.4 Å². The lowest BCUT2D eigenvalue weighted by molar-refractivity contribution is -0.161. The fourth-order valence-electron chi connectivity index (χ4n) is 11.7. The molecule has 0 aliphatic rings. The molecule has 0 radical (unpaired) electrons. The van der Waals surface area contributed by atoms with Crippen molar-refractivity contribution in [1.82, 2.24) is 0 Å². The number of phosphoric acid groups is 2. The lowest BCUT2D eigenvalue weighted by Gasteiger charge is -2.21. The highest BCUT2D eigenvalue weighted by atomic mass is 31.2. The first-order valence-corrected chi connectivity index (χ1v) is 42.9. The van der Waals surface area contributed by atoms with Crippen LogP contribution in [-0.4, -0.2) is 96.7 Å². The van der Waals surface area contributed by atoms with Gasteiger partial charge in [-0.2, -0.15) is 0 Å². The molecule has 0 saturated carbocycles. The van der Waals surface area contributed by atoms with Gasteiger partial charge < -0.3 is 33.8 Å². The predicted octanol–water partition coefficient (Wildman–Crippen LogP) is 22.6. The minimum Gasteiger partial charge on any atom is -0.462 e. The molecule has 0 aliphatic heterocycles. The van der Waals surface area contributed by atoms with E-state index in [2.05, 4.69) is 48.5 Å². The highest BCUT2D eigenvalue weighted by Crippen LogP contribution is 2.45. The second-order valence-corrected chi connectivity index (χ2v) is 31.8. The zero-order valence-electron chi connectivity index (χ0n) is 62.8. The van der Waals surface area contributed by atoms with Gasteiger partial charge in [0.1, 0.15) is 19.3 Å². The van der Waals surface area contributed by atoms with Crippen molar-refractivity contribution in [2.45, 2.75) is 414 Å². The molecule has 0 fully saturated rings. The molecule has 0 bridgehead atoms. The lowest BCUT2D eigenvalue weighted by atomic mass is 9.99. The molecule has 0 rings (SSSR count). The molecular formula is C77H150O17P2. The summed E-state index contributed by atoms with van der Waals surface area (Å²) < 4.78 is 68.6. The first kappa shape index (κ1) is 94.1. The molecule has 570 valence electrons. The number of carbonyl (C=O) groups excluding carboxylic acids is 4. The molecule has 3 unspecified atom stereocenters. The van der Waals surface area contributed by atoms with Gasteiger partial charge >= 0.3 is 39.5 Å². The van der Waals surface area contributed by atoms with Crippen molar-refractivity contribution < 1.29 is 80.2 Å². The summed E-state index contributed by atoms with van der Waals surface area (Å²) in [5.74, 6) is 0.201. The molecule has 0 amide bonds. The number of aliphatic hydroxyl groups is 1. The fraction of sp³-hybridized carbons (Fsp3) is 0.948. The van der Waals surface area contributed by atoms with Crippen molar-refractivity contribution in [1.29, 1.82) is 0 Å². The largest absolute Gasteiger partial charge is 0.472 e. The molecule has 0 aliphatic carbocycles. The number of unbranched alkanes of at least 4 members (excludes halogenated alkanes) is 42. The topological polar surface area (TPSA) is 237 Å². The predicted molar refractivity (Wildman–Crippen MR) is 391 cm³/mol. The summed E-state index contributed by atoms with van der Waals surface area (Å²) in [6, 6.07) is 0. The second kappa shape index (κ2) is 67.5. The molecule has 19 heteroatoms. The average molecular weight is 1410 g/mol. The van der Waals surface area contributed by atoms with E-state index in [0.717, 1.165) is 108 Å². The van der Waals surface area contributed by atoms with Crippen molar-refractivity contribution in [2.24, 2.45) is 17.8 Å². The standard InChI is InChI=1S/C77H150O17P2/c1-8-10-11-12-13-14-15-16-21-24-29-37-44-51-58-74(79)87-64-72(93-76(81)60-53-46-39-30-25-22-19-17-18-20-23-27-34-41-48-55-68(3)4)66-91-95(83,84)89-62-71(78)63-90-96(85,86)92-67-73(94-77(82)61-54-47-40-31-26-28-35-42-49-56-69(5)6)65-88-75(80)59-52-45-38-33-32-36-43-50-57-70(7)9-2/h68-73,78H,8-67H2,1-7H3,(H,83,84)(H,85,86)/t70?,71-,72-,73-/m1/s1. The molecule has 96 heavy (non-hydrogen) atoms. The van der Waals surface area contributed by atoms with Crippen LogP contribution in [0.1, 0.15) is 395 Å². The maximum atomic E-state index is 13.1. The third-order valence-electron chi connectivity index (χ3n) is 18.2. The summed E-state index contributed by atoms with van der Waals surface area (Å²) in [6.45, 7) is 11.9. The monoisotopic (exact) mass is 1410 g/mol. The van der Waals surface area contributed by atoms with E-state index in [-0.39, 0.29) is 25.7 Å². The Hall–Kier alpha value is -1.94. The molecule has 0 saturated heterocycles. The van der Waals surface area contributed by atoms with Crippen molar-refractivity contribution in [3.8, 4) is 0 Å². The Bertz CT molecular complexity index is 1870. The van der Waals surface area contributed by atoms with Gasteiger partial charge in [0.2, 0.25) is 0 Å². The summed E-state index contributed by atoms with van der Waals surface area (Å²) >= 11 is 0. The Balaban J connectivity index is 5.26. The minimum atomic E-state index is -4.96. The van der Waals surface area contributed by atoms with Gasteiger partial charge in [0, 0.05) is 25.7 Å². The number of rotatable bonds is 75. The second-order valence-electron chi connectivity index (χ2n) is 28.9. The van der Waals surface area contributed by atoms with E-state index in [1.54, 1.807) is 0 Å². The van der Waals surface area contributed by atoms with Crippen LogP contribution < -0.4 is 0 Å². The maximum Gasteiger partial charge on any atom is 0.472 e. The van der Waals surface area contributed by atoms with Gasteiger partial charge in [-0.3, -0.25) is 37.3 Å². The molecule has 0 heterocycles. The number of aliphatic hydroxyl groups excluding tert-OH is 1. The molecule has 17 nitrogen and oxygen atoms in total. The van der Waals surface area contributed by atoms with Crippen LogP contribution in [0.3, 0.4) is 0 Å². The fourth-order valence-corrected chi connectivity index (χ4v) is 13.3. The van der Waals surface area contributed by atoms with Crippen LogP contribution in [0.4, 0.5) is 0 Å². The number of phosphoric ester groups is 2. The number of carbonyl (C=O) groups is 4. The van der Waals surface area contributed by atoms with E-state index in [1.165, 1.54) is 205 Å². The molecular weight excluding hydrogens is 1260 g/mol. The average Bonchev–Trinajstić information content (AvgIpc) is 1.29. The van der Waals surface area contributed by atoms with Crippen LogP contribution in [0.25, 0.3) is 0 Å². The molecule has 0 spiro atoms. The summed E-state index contributed by atoms with van der Waals surface area (Å²) in [6.07, 6.45) is 54.0. The van der Waals surface area contributed by atoms with Crippen molar-refractivity contribution in [3.05, 3.63) is 0 Å². The maximum absolute atomic E-state index is 13.1. The Kier molecular flexibility index (Phi) is 66.2. The molecule has 3 N–H and O–H groups in total. The van der Waals surface area contributed by atoms with Gasteiger partial charge in [-0.25, -0.2) is 9.13 Å². The van der Waals surface area contributed by atoms with E-state index in [4.69, 9.17) is 37.0 Å². The molecule has 0 aromatic heterocycles. The lowest BCUT2D eigenvalue weighted by Crippen LogP contribution is -2.30. The number of esters is 4. The van der Waals surface area contributed by atoms with Crippen molar-refractivity contribution in [3.63, 3.8) is 0 Å². The zero-order valence-corrected chi connectivity index (χ0v) is 64.6. The van der Waals surface area contributed by atoms with E-state index >= 15 is 0 Å². The van der Waals surface area contributed by atoms with Gasteiger partial charge in [0.25, 0.3) is 0 Å². The van der Waals surface area contributed by atoms with Crippen LogP contribution in [0.5, 0.6) is 0 Å². The minimum absolute atomic E-state index is 0.105. The Morgan fingerprint density at radius 2 is 0.531 bits per heavy atom. The highest BCUT2D eigenvalue weighted by molar-refractivity contribution is 7.47. The first-order chi connectivity index (χ1) is 46.3. The van der Waals surface area contributed by atoms with Crippen molar-refractivity contribution in [2.75, 3.05) is 39.6 Å². The SMILES string of the molecule is CCCCCCCCCCCCCCCCC(=O)OC[C@H](COP(=O)(O)OC[C@@H](O)COP(=O)(O)OC[C@@H](COC(=O)CCCCCCCCCCC(C)CC)OC(=O)CCCCCCCCCCCC(C)C)OC(=O)CCCCCCCCCCCCCCCCCC(C)C. The summed E-state index contributed by atoms with van der Waals surface area (Å²) in [7, 11) is -9.91. The van der Waals surface area contributed by atoms with Crippen LogP contribution in [0.2, 0.25) is 0 Å². The van der Waals surface area contributed by atoms with Gasteiger partial charge in [0.15, 0.2) is 12.2 Å². The Labute approximate surface area is 588 Å². The molecule has 6 atom stereocenters. The van der Waals surface area contributed by atoms with Gasteiger partial charge in [-0.1, -0.05) is 344 Å². The van der Waals surface area contributed by atoms with E-state index in [1.807, 2.05) is 0 Å². The number of hydrogen-bond donors (Lipinski definition) is 3. The van der Waals surface area contributed by atoms with Gasteiger partial charge in [-0.05, 0) is 43.4 Å². The zero-order chi connectivity index (χ0) is 70.9. The molecule has 0 aromatic carbocycles. The molecule has 0 aromatic rings. The van der Waals surface area contributed by atoms with Crippen molar-refractivity contribution >= 4 is 39.5 Å². The van der Waals surface area contributed by atoms with Crippen LogP contribution >= 0.6 is 15.6 Å². The van der Waals surface area contributed by atoms with Crippen LogP contribution in [0.15, 0.2) is 0 Å². The summed E-state index contributed by atoms with van der Waals surface area (Å²) in [5.41, 5.74) is 0. The number of ether oxygens (including phenoxy) is 4. The normalized spacial score (nSPS) is 14.3. The highest BCUT2D eigenvalue weighted by Gasteiger charge is 2.30. The third-order valence-corrected chi connectivity index (χ3v) is 20.1. The Morgan fingerprint density at radius 3 is 0.792 bits per heavy atom. The summed E-state index contributed by atoms with van der Waals surface area (Å²) in [5, 5.41) is 10.6. The quantitative estimate of drug-likeness (QED) is 0.0222. The van der Waals surface area contributed by atoms with E-state index in [9.17, 15) is 43.2 Å². The van der Waals surface area contributed by atoms with E-state index < -0.39 is 97.5 Å². The van der Waals surface area contributed by atoms with Gasteiger partial charge in [-0.15, -0.1) is 0 Å². The van der Waals surface area contributed by atoms with Crippen LogP contribution in [0, 0.1) is 17.8 Å². The van der Waals surface area contributed by atoms with Gasteiger partial charge in [0.05, 0.1) is 26.4 Å². The Morgan fingerprint density at radius 1 is 0.302 bits per heavy atom. The first-order valence-electron chi connectivity index (χ1n) is 39.9. The summed E-state index contributed by atoms with van der Waals surface area (Å²) in [4.78, 5) is 72.9.